The molecule has 1 aliphatic heterocycles. The number of rotatable bonds is 8. The van der Waals surface area contributed by atoms with Crippen molar-refractivity contribution in [2.45, 2.75) is 33.2 Å². The third-order valence-corrected chi connectivity index (χ3v) is 6.83. The maximum absolute atomic E-state index is 13.5. The number of amides is 2. The number of fused-ring (bicyclic) bond motifs is 1. The van der Waals surface area contributed by atoms with Gasteiger partial charge in [0.05, 0.1) is 12.3 Å². The second-order valence-electron chi connectivity index (χ2n) is 8.79. The molecule has 174 valence electrons. The lowest BCUT2D eigenvalue weighted by Gasteiger charge is -2.37. The molecule has 0 N–H and O–H groups in total. The number of benzene rings is 1. The second-order valence-corrected chi connectivity index (χ2v) is 9.79. The Morgan fingerprint density at radius 3 is 2.76 bits per heavy atom. The van der Waals surface area contributed by atoms with E-state index in [9.17, 15) is 9.59 Å². The Hall–Kier alpha value is -3.06. The Morgan fingerprint density at radius 1 is 1.21 bits per heavy atom. The Balaban J connectivity index is 1.53. The average molecular weight is 467 g/mol. The minimum atomic E-state index is -0.261. The summed E-state index contributed by atoms with van der Waals surface area (Å²) < 4.78 is 11.5. The maximum Gasteiger partial charge on any atom is 0.290 e. The zero-order chi connectivity index (χ0) is 23.4. The Labute approximate surface area is 198 Å². The number of para-hydroxylation sites is 1. The van der Waals surface area contributed by atoms with Crippen molar-refractivity contribution >= 4 is 23.2 Å². The van der Waals surface area contributed by atoms with E-state index in [-0.39, 0.29) is 36.1 Å². The molecule has 6 nitrogen and oxygen atoms in total. The van der Waals surface area contributed by atoms with Crippen LogP contribution in [0.2, 0.25) is 0 Å². The van der Waals surface area contributed by atoms with Gasteiger partial charge in [-0.2, -0.15) is 0 Å². The molecular weight excluding hydrogens is 436 g/mol. The first-order valence-corrected chi connectivity index (χ1v) is 12.2. The average Bonchev–Trinajstić information content (AvgIpc) is 3.49. The number of aryl methyl sites for hydroxylation is 1. The highest BCUT2D eigenvalue weighted by atomic mass is 32.1. The van der Waals surface area contributed by atoms with Gasteiger partial charge in [0.15, 0.2) is 5.76 Å². The van der Waals surface area contributed by atoms with Gasteiger partial charge < -0.3 is 19.0 Å². The van der Waals surface area contributed by atoms with Crippen molar-refractivity contribution in [2.24, 2.45) is 5.92 Å². The van der Waals surface area contributed by atoms with Crippen LogP contribution in [-0.4, -0.2) is 47.9 Å². The number of thiophene rings is 1. The highest BCUT2D eigenvalue weighted by Crippen LogP contribution is 2.34. The molecule has 1 aliphatic rings. The fourth-order valence-corrected chi connectivity index (χ4v) is 5.16. The molecule has 2 amide bonds. The molecular formula is C26H30N2O4S. The monoisotopic (exact) mass is 466 g/mol. The van der Waals surface area contributed by atoms with Crippen LogP contribution in [0.25, 0.3) is 0 Å². The highest BCUT2D eigenvalue weighted by molar-refractivity contribution is 7.10. The van der Waals surface area contributed by atoms with Gasteiger partial charge in [-0.05, 0) is 60.0 Å². The molecule has 0 saturated carbocycles. The molecule has 1 aromatic carbocycles. The lowest BCUT2D eigenvalue weighted by molar-refractivity contribution is -0.135. The molecule has 0 aliphatic carbocycles. The molecule has 0 unspecified atom stereocenters. The van der Waals surface area contributed by atoms with Gasteiger partial charge in [0.1, 0.15) is 18.9 Å². The van der Waals surface area contributed by atoms with Crippen LogP contribution in [0.4, 0.5) is 0 Å². The number of hydrogen-bond donors (Lipinski definition) is 0. The van der Waals surface area contributed by atoms with Crippen LogP contribution in [0, 0.1) is 12.8 Å². The third-order valence-electron chi connectivity index (χ3n) is 5.84. The summed E-state index contributed by atoms with van der Waals surface area (Å²) in [6, 6.07) is 13.1. The van der Waals surface area contributed by atoms with Gasteiger partial charge in [-0.15, -0.1) is 11.3 Å². The number of carbonyl (C=O) groups excluding carboxylic acids is 2. The predicted octanol–water partition coefficient (Wildman–Crippen LogP) is 4.95. The van der Waals surface area contributed by atoms with Gasteiger partial charge >= 0.3 is 0 Å². The van der Waals surface area contributed by atoms with Crippen LogP contribution in [0.5, 0.6) is 5.75 Å². The summed E-state index contributed by atoms with van der Waals surface area (Å²) in [5.74, 6) is 0.957. The molecule has 4 rings (SSSR count). The lowest BCUT2D eigenvalue weighted by Crippen LogP contribution is -2.48. The highest BCUT2D eigenvalue weighted by Gasteiger charge is 2.34. The molecule has 0 spiro atoms. The first-order chi connectivity index (χ1) is 15.9. The molecule has 0 saturated heterocycles. The Morgan fingerprint density at radius 2 is 2.03 bits per heavy atom. The third kappa shape index (κ3) is 5.30. The van der Waals surface area contributed by atoms with Crippen LogP contribution >= 0.6 is 11.3 Å². The summed E-state index contributed by atoms with van der Waals surface area (Å²) in [4.78, 5) is 31.3. The Kier molecular flexibility index (Phi) is 7.18. The van der Waals surface area contributed by atoms with Crippen molar-refractivity contribution in [1.82, 2.24) is 9.80 Å². The van der Waals surface area contributed by atoms with Crippen molar-refractivity contribution in [2.75, 3.05) is 26.2 Å². The van der Waals surface area contributed by atoms with Crippen molar-refractivity contribution in [3.8, 4) is 5.75 Å². The molecule has 2 aromatic heterocycles. The summed E-state index contributed by atoms with van der Waals surface area (Å²) in [6.07, 6.45) is 2.29. The summed E-state index contributed by atoms with van der Waals surface area (Å²) in [7, 11) is 0. The van der Waals surface area contributed by atoms with E-state index in [0.717, 1.165) is 23.3 Å². The van der Waals surface area contributed by atoms with E-state index < -0.39 is 0 Å². The summed E-state index contributed by atoms with van der Waals surface area (Å²) >= 11 is 1.72. The van der Waals surface area contributed by atoms with E-state index >= 15 is 0 Å². The lowest BCUT2D eigenvalue weighted by atomic mass is 10.00. The van der Waals surface area contributed by atoms with Gasteiger partial charge in [0.25, 0.3) is 5.91 Å². The van der Waals surface area contributed by atoms with Crippen molar-refractivity contribution in [3.05, 3.63) is 75.9 Å². The quantitative estimate of drug-likeness (QED) is 0.471. The van der Waals surface area contributed by atoms with E-state index in [4.69, 9.17) is 9.15 Å². The first kappa shape index (κ1) is 23.1. The fourth-order valence-electron chi connectivity index (χ4n) is 4.23. The van der Waals surface area contributed by atoms with Crippen LogP contribution in [0.3, 0.4) is 0 Å². The Bertz CT molecular complexity index is 1090. The molecule has 1 atom stereocenters. The minimum Gasteiger partial charge on any atom is -0.491 e. The SMILES string of the molecule is Cc1ccccc1OC[C@@H]1c2ccsc2CCN1C(=O)CN(CC(C)C)C(=O)c1ccco1. The molecule has 7 heteroatoms. The number of ether oxygens (including phenoxy) is 1. The first-order valence-electron chi connectivity index (χ1n) is 11.3. The van der Waals surface area contributed by atoms with Crippen LogP contribution < -0.4 is 4.74 Å². The van der Waals surface area contributed by atoms with E-state index in [1.807, 2.05) is 49.9 Å². The standard InChI is InChI=1S/C26H30N2O4S/c1-18(2)15-27(26(30)23-9-6-13-31-23)16-25(29)28-12-10-24-20(11-14-33-24)21(28)17-32-22-8-5-4-7-19(22)3/h4-9,11,13-14,18,21H,10,12,15-17H2,1-3H3/t21-/m1/s1. The molecule has 0 radical (unpaired) electrons. The van der Waals surface area contributed by atoms with E-state index in [1.54, 1.807) is 28.4 Å². The second kappa shape index (κ2) is 10.3. The predicted molar refractivity (Wildman–Crippen MR) is 129 cm³/mol. The van der Waals surface area contributed by atoms with E-state index in [1.165, 1.54) is 11.1 Å². The fraction of sp³-hybridized carbons (Fsp3) is 0.385. The van der Waals surface area contributed by atoms with Crippen LogP contribution in [0.1, 0.15) is 46.4 Å². The van der Waals surface area contributed by atoms with E-state index in [2.05, 4.69) is 11.4 Å². The number of carbonyl (C=O) groups is 2. The van der Waals surface area contributed by atoms with Gasteiger partial charge in [0.2, 0.25) is 5.91 Å². The number of nitrogens with zero attached hydrogens (tertiary/aromatic N) is 2. The smallest absolute Gasteiger partial charge is 0.290 e. The summed E-state index contributed by atoms with van der Waals surface area (Å²) in [5, 5.41) is 2.07. The van der Waals surface area contributed by atoms with Crippen LogP contribution in [0.15, 0.2) is 58.5 Å². The van der Waals surface area contributed by atoms with Gasteiger partial charge in [0, 0.05) is 18.0 Å². The minimum absolute atomic E-state index is 0.0120. The van der Waals surface area contributed by atoms with Crippen molar-refractivity contribution < 1.29 is 18.7 Å². The largest absolute Gasteiger partial charge is 0.491 e. The normalized spacial score (nSPS) is 15.4. The molecule has 33 heavy (non-hydrogen) atoms. The molecule has 0 fully saturated rings. The van der Waals surface area contributed by atoms with Crippen molar-refractivity contribution in [3.63, 3.8) is 0 Å². The van der Waals surface area contributed by atoms with Crippen LogP contribution in [-0.2, 0) is 11.2 Å². The van der Waals surface area contributed by atoms with Crippen molar-refractivity contribution in [1.29, 1.82) is 0 Å². The molecule has 3 heterocycles. The maximum atomic E-state index is 13.5. The van der Waals surface area contributed by atoms with E-state index in [0.29, 0.717) is 19.7 Å². The molecule has 3 aromatic rings. The summed E-state index contributed by atoms with van der Waals surface area (Å²) in [5.41, 5.74) is 2.20. The van der Waals surface area contributed by atoms with Gasteiger partial charge in [-0.25, -0.2) is 0 Å². The van der Waals surface area contributed by atoms with Gasteiger partial charge in [-0.3, -0.25) is 9.59 Å². The molecule has 0 bridgehead atoms. The zero-order valence-electron chi connectivity index (χ0n) is 19.3. The number of hydrogen-bond acceptors (Lipinski definition) is 5. The van der Waals surface area contributed by atoms with Gasteiger partial charge in [-0.1, -0.05) is 32.0 Å². The summed E-state index contributed by atoms with van der Waals surface area (Å²) in [6.45, 7) is 7.55. The zero-order valence-corrected chi connectivity index (χ0v) is 20.1. The number of furan rings is 1. The topological polar surface area (TPSA) is 63.0 Å².